The summed E-state index contributed by atoms with van der Waals surface area (Å²) in [6.45, 7) is 2.77. The number of unbranched alkanes of at least 4 members (excludes halogenated alkanes) is 7. The lowest BCUT2D eigenvalue weighted by molar-refractivity contribution is 0.158. The molecule has 0 bridgehead atoms. The van der Waals surface area contributed by atoms with Crippen LogP contribution in [0.15, 0.2) is 0 Å². The van der Waals surface area contributed by atoms with Crippen molar-refractivity contribution in [3.63, 3.8) is 0 Å². The monoisotopic (exact) mass is 309 g/mol. The molecule has 0 aliphatic rings. The van der Waals surface area contributed by atoms with E-state index in [9.17, 15) is 13.5 Å². The molecule has 0 fully saturated rings. The van der Waals surface area contributed by atoms with Gasteiger partial charge in [-0.05, 0) is 6.42 Å². The van der Waals surface area contributed by atoms with Gasteiger partial charge in [0.25, 0.3) is 10.1 Å². The molecule has 122 valence electrons. The van der Waals surface area contributed by atoms with Gasteiger partial charge in [0.05, 0.1) is 11.9 Å². The van der Waals surface area contributed by atoms with Gasteiger partial charge in [-0.2, -0.15) is 8.42 Å². The second kappa shape index (κ2) is 12.6. The SMILES string of the molecule is CCCCCCCCCCC(O)CNCCS(=O)(=O)O. The Hall–Kier alpha value is -0.170. The van der Waals surface area contributed by atoms with E-state index < -0.39 is 16.2 Å². The van der Waals surface area contributed by atoms with Crippen LogP contribution in [0.25, 0.3) is 0 Å². The Kier molecular flexibility index (Phi) is 12.5. The van der Waals surface area contributed by atoms with Crippen LogP contribution in [0.2, 0.25) is 0 Å². The summed E-state index contributed by atoms with van der Waals surface area (Å²) in [4.78, 5) is 0. The van der Waals surface area contributed by atoms with E-state index in [4.69, 9.17) is 4.55 Å². The molecule has 0 heterocycles. The highest BCUT2D eigenvalue weighted by molar-refractivity contribution is 7.85. The number of aliphatic hydroxyl groups is 1. The zero-order valence-corrected chi connectivity index (χ0v) is 13.5. The molecular weight excluding hydrogens is 278 g/mol. The van der Waals surface area contributed by atoms with Crippen LogP contribution in [0, 0.1) is 0 Å². The van der Waals surface area contributed by atoms with Gasteiger partial charge in [0.2, 0.25) is 0 Å². The largest absolute Gasteiger partial charge is 0.392 e. The molecule has 0 rings (SSSR count). The molecule has 6 heteroatoms. The number of rotatable bonds is 14. The van der Waals surface area contributed by atoms with Crippen LogP contribution in [0.3, 0.4) is 0 Å². The molecule has 0 aliphatic heterocycles. The Morgan fingerprint density at radius 3 is 2.10 bits per heavy atom. The van der Waals surface area contributed by atoms with Crippen LogP contribution < -0.4 is 5.32 Å². The molecule has 0 aliphatic carbocycles. The lowest BCUT2D eigenvalue weighted by Gasteiger charge is -2.11. The van der Waals surface area contributed by atoms with E-state index in [1.807, 2.05) is 0 Å². The number of aliphatic hydroxyl groups excluding tert-OH is 1. The van der Waals surface area contributed by atoms with Crippen LogP contribution in [0.1, 0.15) is 64.7 Å². The summed E-state index contributed by atoms with van der Waals surface area (Å²) in [7, 11) is -3.90. The summed E-state index contributed by atoms with van der Waals surface area (Å²) >= 11 is 0. The summed E-state index contributed by atoms with van der Waals surface area (Å²) < 4.78 is 29.5. The minimum absolute atomic E-state index is 0.174. The van der Waals surface area contributed by atoms with E-state index in [1.54, 1.807) is 0 Å². The fraction of sp³-hybridized carbons (Fsp3) is 1.00. The number of nitrogens with one attached hydrogen (secondary N) is 1. The molecule has 5 nitrogen and oxygen atoms in total. The first-order valence-electron chi connectivity index (χ1n) is 7.79. The molecule has 3 N–H and O–H groups in total. The van der Waals surface area contributed by atoms with Crippen molar-refractivity contribution in [1.82, 2.24) is 5.32 Å². The van der Waals surface area contributed by atoms with E-state index in [-0.39, 0.29) is 12.3 Å². The Balaban J connectivity index is 3.26. The van der Waals surface area contributed by atoms with Crippen molar-refractivity contribution in [3.8, 4) is 0 Å². The highest BCUT2D eigenvalue weighted by Crippen LogP contribution is 2.10. The molecule has 0 saturated heterocycles. The highest BCUT2D eigenvalue weighted by Gasteiger charge is 2.06. The van der Waals surface area contributed by atoms with Gasteiger partial charge in [-0.15, -0.1) is 0 Å². The van der Waals surface area contributed by atoms with Gasteiger partial charge < -0.3 is 10.4 Å². The van der Waals surface area contributed by atoms with E-state index in [1.165, 1.54) is 38.5 Å². The van der Waals surface area contributed by atoms with E-state index in [0.717, 1.165) is 19.3 Å². The summed E-state index contributed by atoms with van der Waals surface area (Å²) in [5.41, 5.74) is 0. The molecule has 0 amide bonds. The number of hydrogen-bond acceptors (Lipinski definition) is 4. The predicted octanol–water partition coefficient (Wildman–Crippen LogP) is 2.36. The summed E-state index contributed by atoms with van der Waals surface area (Å²) in [5, 5.41) is 12.5. The second-order valence-corrected chi connectivity index (χ2v) is 6.98. The van der Waals surface area contributed by atoms with Crippen molar-refractivity contribution in [2.45, 2.75) is 70.8 Å². The quantitative estimate of drug-likeness (QED) is 0.339. The molecule has 0 aromatic heterocycles. The van der Waals surface area contributed by atoms with Gasteiger partial charge in [0, 0.05) is 13.1 Å². The first kappa shape index (κ1) is 19.8. The lowest BCUT2D eigenvalue weighted by atomic mass is 10.1. The van der Waals surface area contributed by atoms with Crippen LogP contribution in [0.4, 0.5) is 0 Å². The maximum atomic E-state index is 10.5. The van der Waals surface area contributed by atoms with Crippen molar-refractivity contribution < 1.29 is 18.1 Å². The summed E-state index contributed by atoms with van der Waals surface area (Å²) in [6.07, 6.45) is 10.2. The molecule has 1 atom stereocenters. The molecule has 0 aromatic carbocycles. The van der Waals surface area contributed by atoms with Gasteiger partial charge in [-0.3, -0.25) is 4.55 Å². The summed E-state index contributed by atoms with van der Waals surface area (Å²) in [5.74, 6) is -0.308. The Labute approximate surface area is 123 Å². The minimum Gasteiger partial charge on any atom is -0.392 e. The molecule has 0 aromatic rings. The smallest absolute Gasteiger partial charge is 0.266 e. The molecule has 20 heavy (non-hydrogen) atoms. The normalized spacial score (nSPS) is 13.6. The van der Waals surface area contributed by atoms with Crippen molar-refractivity contribution >= 4 is 10.1 Å². The van der Waals surface area contributed by atoms with Gasteiger partial charge in [-0.1, -0.05) is 58.3 Å². The molecule has 0 spiro atoms. The first-order valence-corrected chi connectivity index (χ1v) is 9.40. The van der Waals surface area contributed by atoms with E-state index in [2.05, 4.69) is 12.2 Å². The summed E-state index contributed by atoms with van der Waals surface area (Å²) in [6, 6.07) is 0. The van der Waals surface area contributed by atoms with Crippen LogP contribution in [-0.4, -0.2) is 43.0 Å². The highest BCUT2D eigenvalue weighted by atomic mass is 32.2. The maximum Gasteiger partial charge on any atom is 0.266 e. The molecule has 1 unspecified atom stereocenters. The third-order valence-electron chi connectivity index (χ3n) is 3.31. The minimum atomic E-state index is -3.90. The van der Waals surface area contributed by atoms with Crippen molar-refractivity contribution in [3.05, 3.63) is 0 Å². The Bertz CT molecular complexity index is 306. The first-order chi connectivity index (χ1) is 9.45. The third kappa shape index (κ3) is 15.9. The van der Waals surface area contributed by atoms with Gasteiger partial charge >= 0.3 is 0 Å². The van der Waals surface area contributed by atoms with Crippen molar-refractivity contribution in [2.24, 2.45) is 0 Å². The standard InChI is InChI=1S/C14H31NO4S/c1-2-3-4-5-6-7-8-9-10-14(16)13-15-11-12-20(17,18)19/h14-16H,2-13H2,1H3,(H,17,18,19). The lowest BCUT2D eigenvalue weighted by Crippen LogP contribution is -2.30. The number of hydrogen-bond donors (Lipinski definition) is 3. The molecule has 0 radical (unpaired) electrons. The fourth-order valence-corrected chi connectivity index (χ4v) is 2.49. The van der Waals surface area contributed by atoms with Gasteiger partial charge in [0.15, 0.2) is 0 Å². The molecular formula is C14H31NO4S. The van der Waals surface area contributed by atoms with Crippen molar-refractivity contribution in [1.29, 1.82) is 0 Å². The third-order valence-corrected chi connectivity index (χ3v) is 4.03. The molecule has 0 saturated carbocycles. The van der Waals surface area contributed by atoms with E-state index >= 15 is 0 Å². The average molecular weight is 309 g/mol. The zero-order chi connectivity index (χ0) is 15.3. The van der Waals surface area contributed by atoms with Crippen molar-refractivity contribution in [2.75, 3.05) is 18.8 Å². The van der Waals surface area contributed by atoms with E-state index in [0.29, 0.717) is 6.54 Å². The van der Waals surface area contributed by atoms with Crippen LogP contribution in [0.5, 0.6) is 0 Å². The Morgan fingerprint density at radius 1 is 1.00 bits per heavy atom. The predicted molar refractivity (Wildman–Crippen MR) is 82.5 cm³/mol. The Morgan fingerprint density at radius 2 is 1.55 bits per heavy atom. The van der Waals surface area contributed by atoms with Gasteiger partial charge in [-0.25, -0.2) is 0 Å². The van der Waals surface area contributed by atoms with Crippen LogP contribution >= 0.6 is 0 Å². The fourth-order valence-electron chi connectivity index (χ4n) is 2.09. The van der Waals surface area contributed by atoms with Crippen LogP contribution in [-0.2, 0) is 10.1 Å². The average Bonchev–Trinajstić information content (AvgIpc) is 2.37. The second-order valence-electron chi connectivity index (χ2n) is 5.41. The zero-order valence-electron chi connectivity index (χ0n) is 12.7. The van der Waals surface area contributed by atoms with Gasteiger partial charge in [0.1, 0.15) is 0 Å². The topological polar surface area (TPSA) is 86.6 Å². The maximum absolute atomic E-state index is 10.5.